The molecule has 1 atom stereocenters. The first kappa shape index (κ1) is 13.6. The molecular formula is C15H18FNO2. The molecule has 1 aliphatic rings. The summed E-state index contributed by atoms with van der Waals surface area (Å²) in [6.07, 6.45) is 2.15. The minimum Gasteiger partial charge on any atom is -0.489 e. The van der Waals surface area contributed by atoms with Gasteiger partial charge in [0.05, 0.1) is 11.8 Å². The van der Waals surface area contributed by atoms with Crippen LogP contribution in [0.25, 0.3) is 0 Å². The number of ether oxygens (including phenoxy) is 1. The van der Waals surface area contributed by atoms with E-state index in [4.69, 9.17) is 4.74 Å². The summed E-state index contributed by atoms with van der Waals surface area (Å²) < 4.78 is 19.1. The van der Waals surface area contributed by atoms with E-state index in [1.165, 1.54) is 12.1 Å². The number of anilines is 1. The van der Waals surface area contributed by atoms with Crippen LogP contribution in [-0.4, -0.2) is 18.6 Å². The van der Waals surface area contributed by atoms with Crippen LogP contribution in [0.1, 0.15) is 20.3 Å². The largest absolute Gasteiger partial charge is 0.489 e. The molecule has 0 bridgehead atoms. The second-order valence-corrected chi connectivity index (χ2v) is 4.98. The van der Waals surface area contributed by atoms with E-state index in [2.05, 4.69) is 6.58 Å². The smallest absolute Gasteiger partial charge is 0.227 e. The number of rotatable bonds is 4. The third-order valence-corrected chi connectivity index (χ3v) is 3.06. The van der Waals surface area contributed by atoms with Crippen LogP contribution >= 0.6 is 0 Å². The fourth-order valence-corrected chi connectivity index (χ4v) is 2.18. The number of carbonyl (C=O) groups excluding carboxylic acids is 1. The first-order chi connectivity index (χ1) is 9.01. The Hall–Kier alpha value is -1.84. The summed E-state index contributed by atoms with van der Waals surface area (Å²) in [7, 11) is 0. The second-order valence-electron chi connectivity index (χ2n) is 4.98. The number of amides is 1. The molecule has 0 spiro atoms. The molecule has 0 saturated carbocycles. The molecule has 0 aliphatic carbocycles. The van der Waals surface area contributed by atoms with Gasteiger partial charge in [-0.15, -0.1) is 6.58 Å². The predicted molar refractivity (Wildman–Crippen MR) is 72.8 cm³/mol. The highest BCUT2D eigenvalue weighted by Crippen LogP contribution is 2.34. The Balaban J connectivity index is 2.34. The SMILES string of the molecule is C=CC1CC(=O)N(c2cc(F)ccc2OC(C)C)C1. The van der Waals surface area contributed by atoms with Crippen LogP contribution in [0.15, 0.2) is 30.9 Å². The molecule has 0 N–H and O–H groups in total. The molecule has 19 heavy (non-hydrogen) atoms. The summed E-state index contributed by atoms with van der Waals surface area (Å²) in [6.45, 7) is 8.03. The molecule has 1 aromatic rings. The molecule has 1 amide bonds. The van der Waals surface area contributed by atoms with Crippen molar-refractivity contribution in [3.05, 3.63) is 36.7 Å². The van der Waals surface area contributed by atoms with E-state index in [1.54, 1.807) is 17.0 Å². The van der Waals surface area contributed by atoms with Gasteiger partial charge in [-0.3, -0.25) is 4.79 Å². The monoisotopic (exact) mass is 263 g/mol. The molecule has 102 valence electrons. The van der Waals surface area contributed by atoms with Crippen LogP contribution in [0.4, 0.5) is 10.1 Å². The average molecular weight is 263 g/mol. The third kappa shape index (κ3) is 2.95. The van der Waals surface area contributed by atoms with Gasteiger partial charge in [0, 0.05) is 24.9 Å². The topological polar surface area (TPSA) is 29.5 Å². The molecule has 1 fully saturated rings. The quantitative estimate of drug-likeness (QED) is 0.781. The highest BCUT2D eigenvalue weighted by Gasteiger charge is 2.30. The lowest BCUT2D eigenvalue weighted by Crippen LogP contribution is -2.25. The Labute approximate surface area is 112 Å². The highest BCUT2D eigenvalue weighted by molar-refractivity contribution is 5.97. The lowest BCUT2D eigenvalue weighted by Gasteiger charge is -2.21. The fourth-order valence-electron chi connectivity index (χ4n) is 2.18. The highest BCUT2D eigenvalue weighted by atomic mass is 19.1. The van der Waals surface area contributed by atoms with Crippen LogP contribution in [0.2, 0.25) is 0 Å². The lowest BCUT2D eigenvalue weighted by atomic mass is 10.1. The number of benzene rings is 1. The van der Waals surface area contributed by atoms with E-state index < -0.39 is 0 Å². The summed E-state index contributed by atoms with van der Waals surface area (Å²) in [5, 5.41) is 0. The molecule has 0 radical (unpaired) electrons. The molecule has 1 saturated heterocycles. The van der Waals surface area contributed by atoms with Crippen LogP contribution in [0.3, 0.4) is 0 Å². The van der Waals surface area contributed by atoms with Crippen molar-refractivity contribution in [1.29, 1.82) is 0 Å². The van der Waals surface area contributed by atoms with Crippen molar-refractivity contribution in [3.8, 4) is 5.75 Å². The van der Waals surface area contributed by atoms with Crippen LogP contribution < -0.4 is 9.64 Å². The van der Waals surface area contributed by atoms with Crippen molar-refractivity contribution >= 4 is 11.6 Å². The Morgan fingerprint density at radius 3 is 2.84 bits per heavy atom. The summed E-state index contributed by atoms with van der Waals surface area (Å²) in [4.78, 5) is 13.6. The molecule has 1 aliphatic heterocycles. The van der Waals surface area contributed by atoms with Gasteiger partial charge in [0.2, 0.25) is 5.91 Å². The molecule has 3 nitrogen and oxygen atoms in total. The van der Waals surface area contributed by atoms with Gasteiger partial charge >= 0.3 is 0 Å². The zero-order chi connectivity index (χ0) is 14.0. The van der Waals surface area contributed by atoms with Gasteiger partial charge in [0.15, 0.2) is 0 Å². The molecule has 1 unspecified atom stereocenters. The van der Waals surface area contributed by atoms with Gasteiger partial charge < -0.3 is 9.64 Å². The molecule has 4 heteroatoms. The van der Waals surface area contributed by atoms with E-state index in [0.29, 0.717) is 24.4 Å². The van der Waals surface area contributed by atoms with Crippen molar-refractivity contribution in [2.75, 3.05) is 11.4 Å². The molecule has 0 aromatic heterocycles. The maximum Gasteiger partial charge on any atom is 0.227 e. The van der Waals surface area contributed by atoms with Crippen LogP contribution in [0.5, 0.6) is 5.75 Å². The number of carbonyl (C=O) groups is 1. The Morgan fingerprint density at radius 1 is 1.53 bits per heavy atom. The van der Waals surface area contributed by atoms with Gasteiger partial charge in [0.25, 0.3) is 0 Å². The van der Waals surface area contributed by atoms with Gasteiger partial charge in [-0.1, -0.05) is 6.08 Å². The normalized spacial score (nSPS) is 19.1. The Bertz CT molecular complexity index is 499. The van der Waals surface area contributed by atoms with Gasteiger partial charge in [-0.2, -0.15) is 0 Å². The Kier molecular flexibility index (Phi) is 3.88. The molecule has 2 rings (SSSR count). The van der Waals surface area contributed by atoms with Crippen LogP contribution in [-0.2, 0) is 4.79 Å². The third-order valence-electron chi connectivity index (χ3n) is 3.06. The van der Waals surface area contributed by atoms with E-state index in [9.17, 15) is 9.18 Å². The molecule has 1 heterocycles. The van der Waals surface area contributed by atoms with Crippen LogP contribution in [0, 0.1) is 11.7 Å². The van der Waals surface area contributed by atoms with Gasteiger partial charge in [-0.25, -0.2) is 4.39 Å². The van der Waals surface area contributed by atoms with Crippen molar-refractivity contribution in [2.45, 2.75) is 26.4 Å². The summed E-state index contributed by atoms with van der Waals surface area (Å²) in [6, 6.07) is 4.26. The van der Waals surface area contributed by atoms with Crippen molar-refractivity contribution < 1.29 is 13.9 Å². The summed E-state index contributed by atoms with van der Waals surface area (Å²) in [5.74, 6) is 0.252. The van der Waals surface area contributed by atoms with E-state index in [-0.39, 0.29) is 23.7 Å². The molecule has 1 aromatic carbocycles. The van der Waals surface area contributed by atoms with E-state index in [0.717, 1.165) is 0 Å². The van der Waals surface area contributed by atoms with E-state index in [1.807, 2.05) is 13.8 Å². The lowest BCUT2D eigenvalue weighted by molar-refractivity contribution is -0.117. The van der Waals surface area contributed by atoms with Gasteiger partial charge in [0.1, 0.15) is 11.6 Å². The van der Waals surface area contributed by atoms with Gasteiger partial charge in [-0.05, 0) is 26.0 Å². The summed E-state index contributed by atoms with van der Waals surface area (Å²) in [5.41, 5.74) is 0.503. The van der Waals surface area contributed by atoms with Crippen molar-refractivity contribution in [1.82, 2.24) is 0 Å². The average Bonchev–Trinajstić information content (AvgIpc) is 2.72. The Morgan fingerprint density at radius 2 is 2.26 bits per heavy atom. The maximum absolute atomic E-state index is 13.4. The fraction of sp³-hybridized carbons (Fsp3) is 0.400. The first-order valence-electron chi connectivity index (χ1n) is 6.40. The zero-order valence-corrected chi connectivity index (χ0v) is 11.2. The maximum atomic E-state index is 13.4. The number of hydrogen-bond acceptors (Lipinski definition) is 2. The minimum atomic E-state index is -0.374. The summed E-state index contributed by atoms with van der Waals surface area (Å²) >= 11 is 0. The van der Waals surface area contributed by atoms with Crippen molar-refractivity contribution in [3.63, 3.8) is 0 Å². The number of hydrogen-bond donors (Lipinski definition) is 0. The first-order valence-corrected chi connectivity index (χ1v) is 6.40. The zero-order valence-electron chi connectivity index (χ0n) is 11.2. The minimum absolute atomic E-state index is 0.0240. The number of halogens is 1. The predicted octanol–water partition coefficient (Wildman–Crippen LogP) is 3.15. The number of nitrogens with zero attached hydrogens (tertiary/aromatic N) is 1. The molecular weight excluding hydrogens is 245 g/mol. The van der Waals surface area contributed by atoms with Crippen molar-refractivity contribution in [2.24, 2.45) is 5.92 Å². The second kappa shape index (κ2) is 5.43. The van der Waals surface area contributed by atoms with E-state index >= 15 is 0 Å². The standard InChI is InChI=1S/C15H18FNO2/c1-4-11-7-15(18)17(9-11)13-8-12(16)5-6-14(13)19-10(2)3/h4-6,8,10-11H,1,7,9H2,2-3H3.